The summed E-state index contributed by atoms with van der Waals surface area (Å²) in [7, 11) is 1.80. The summed E-state index contributed by atoms with van der Waals surface area (Å²) in [5, 5.41) is 8.76. The molecule has 4 heteroatoms. The highest BCUT2D eigenvalue weighted by Crippen LogP contribution is 2.41. The number of methoxy groups -OCH3 is 1. The van der Waals surface area contributed by atoms with Crippen LogP contribution < -0.4 is 4.90 Å². The Kier molecular flexibility index (Phi) is 2.49. The Morgan fingerprint density at radius 1 is 1.47 bits per heavy atom. The lowest BCUT2D eigenvalue weighted by Crippen LogP contribution is -2.35. The third kappa shape index (κ3) is 1.58. The summed E-state index contributed by atoms with van der Waals surface area (Å²) in [6, 6.07) is 6.32. The van der Waals surface area contributed by atoms with Crippen molar-refractivity contribution in [2.24, 2.45) is 5.92 Å². The van der Waals surface area contributed by atoms with Crippen LogP contribution in [-0.4, -0.2) is 30.8 Å². The zero-order valence-corrected chi connectivity index (χ0v) is 9.84. The van der Waals surface area contributed by atoms with E-state index in [4.69, 9.17) is 10.00 Å². The molecule has 2 aliphatic rings. The average molecular weight is 229 g/mol. The van der Waals surface area contributed by atoms with E-state index < -0.39 is 0 Å². The lowest BCUT2D eigenvalue weighted by molar-refractivity contribution is 0.0854. The summed E-state index contributed by atoms with van der Waals surface area (Å²) in [6.07, 6.45) is 4.44. The molecule has 0 N–H and O–H groups in total. The summed E-state index contributed by atoms with van der Waals surface area (Å²) >= 11 is 0. The van der Waals surface area contributed by atoms with E-state index in [-0.39, 0.29) is 0 Å². The highest BCUT2D eigenvalue weighted by Gasteiger charge is 2.47. The zero-order chi connectivity index (χ0) is 11.8. The summed E-state index contributed by atoms with van der Waals surface area (Å²) in [5.41, 5.74) is 0.612. The van der Waals surface area contributed by atoms with E-state index in [1.54, 1.807) is 13.3 Å². The molecule has 1 aliphatic heterocycles. The van der Waals surface area contributed by atoms with Gasteiger partial charge in [-0.25, -0.2) is 4.98 Å². The SMILES string of the molecule is CO[C@H]1[C@H]2CC[C@H]1N(c1ccc(C#N)cn1)C2. The van der Waals surface area contributed by atoms with Crippen LogP contribution in [0.25, 0.3) is 0 Å². The van der Waals surface area contributed by atoms with Gasteiger partial charge in [-0.2, -0.15) is 5.26 Å². The number of hydrogen-bond donors (Lipinski definition) is 0. The van der Waals surface area contributed by atoms with Gasteiger partial charge < -0.3 is 9.64 Å². The van der Waals surface area contributed by atoms with E-state index in [1.165, 1.54) is 12.8 Å². The normalized spacial score (nSPS) is 30.6. The summed E-state index contributed by atoms with van der Waals surface area (Å²) in [5.74, 6) is 1.61. The molecule has 3 rings (SSSR count). The third-order valence-corrected chi connectivity index (χ3v) is 3.95. The van der Waals surface area contributed by atoms with Gasteiger partial charge in [-0.15, -0.1) is 0 Å². The second kappa shape index (κ2) is 4.01. The van der Waals surface area contributed by atoms with Gasteiger partial charge in [0.05, 0.1) is 17.7 Å². The molecule has 2 heterocycles. The Hall–Kier alpha value is -1.60. The number of rotatable bonds is 2. The molecule has 0 aromatic carbocycles. The molecule has 17 heavy (non-hydrogen) atoms. The quantitative estimate of drug-likeness (QED) is 0.772. The number of nitrogens with zero attached hydrogens (tertiary/aromatic N) is 3. The van der Waals surface area contributed by atoms with E-state index in [1.807, 2.05) is 12.1 Å². The predicted octanol–water partition coefficient (Wildman–Crippen LogP) is 1.57. The van der Waals surface area contributed by atoms with Crippen molar-refractivity contribution in [2.45, 2.75) is 25.0 Å². The molecule has 1 saturated heterocycles. The first-order valence-corrected chi connectivity index (χ1v) is 5.99. The number of ether oxygens (including phenoxy) is 1. The minimum absolute atomic E-state index is 0.354. The Bertz CT molecular complexity index is 451. The molecule has 3 atom stereocenters. The van der Waals surface area contributed by atoms with Crippen LogP contribution in [0.1, 0.15) is 18.4 Å². The first kappa shape index (κ1) is 10.5. The number of fused-ring (bicyclic) bond motifs is 2. The van der Waals surface area contributed by atoms with E-state index in [0.717, 1.165) is 12.4 Å². The fraction of sp³-hybridized carbons (Fsp3) is 0.538. The molecule has 2 fully saturated rings. The molecule has 0 radical (unpaired) electrons. The van der Waals surface area contributed by atoms with Gasteiger partial charge in [-0.1, -0.05) is 0 Å². The molecule has 1 saturated carbocycles. The van der Waals surface area contributed by atoms with Crippen molar-refractivity contribution in [3.05, 3.63) is 23.9 Å². The number of piperidine rings is 1. The van der Waals surface area contributed by atoms with Crippen molar-refractivity contribution in [1.29, 1.82) is 5.26 Å². The molecule has 4 nitrogen and oxygen atoms in total. The lowest BCUT2D eigenvalue weighted by Gasteiger charge is -2.28. The monoisotopic (exact) mass is 229 g/mol. The van der Waals surface area contributed by atoms with Crippen LogP contribution in [0, 0.1) is 17.2 Å². The zero-order valence-electron chi connectivity index (χ0n) is 9.84. The fourth-order valence-electron chi connectivity index (χ4n) is 3.18. The summed E-state index contributed by atoms with van der Waals surface area (Å²) in [4.78, 5) is 6.69. The van der Waals surface area contributed by atoms with Gasteiger partial charge in [0.25, 0.3) is 0 Å². The second-order valence-corrected chi connectivity index (χ2v) is 4.77. The molecule has 0 spiro atoms. The van der Waals surface area contributed by atoms with Crippen LogP contribution in [0.5, 0.6) is 0 Å². The minimum atomic E-state index is 0.354. The van der Waals surface area contributed by atoms with Crippen molar-refractivity contribution >= 4 is 5.82 Å². The van der Waals surface area contributed by atoms with Crippen molar-refractivity contribution in [2.75, 3.05) is 18.6 Å². The predicted molar refractivity (Wildman–Crippen MR) is 63.6 cm³/mol. The maximum Gasteiger partial charge on any atom is 0.128 e. The third-order valence-electron chi connectivity index (χ3n) is 3.95. The van der Waals surface area contributed by atoms with Crippen LogP contribution in [0.2, 0.25) is 0 Å². The van der Waals surface area contributed by atoms with Crippen LogP contribution in [-0.2, 0) is 4.74 Å². The van der Waals surface area contributed by atoms with Gasteiger partial charge in [0.15, 0.2) is 0 Å². The van der Waals surface area contributed by atoms with Crippen molar-refractivity contribution in [1.82, 2.24) is 4.98 Å². The first-order chi connectivity index (χ1) is 8.33. The maximum atomic E-state index is 8.76. The van der Waals surface area contributed by atoms with Gasteiger partial charge >= 0.3 is 0 Å². The molecular formula is C13H15N3O. The molecule has 1 aromatic heterocycles. The van der Waals surface area contributed by atoms with Crippen molar-refractivity contribution < 1.29 is 4.74 Å². The largest absolute Gasteiger partial charge is 0.379 e. The Balaban J connectivity index is 1.84. The highest BCUT2D eigenvalue weighted by atomic mass is 16.5. The van der Waals surface area contributed by atoms with E-state index in [0.29, 0.717) is 23.6 Å². The van der Waals surface area contributed by atoms with Gasteiger partial charge in [0.1, 0.15) is 11.9 Å². The highest BCUT2D eigenvalue weighted by molar-refractivity contribution is 5.45. The minimum Gasteiger partial charge on any atom is -0.379 e. The van der Waals surface area contributed by atoms with Gasteiger partial charge in [-0.05, 0) is 25.0 Å². The summed E-state index contributed by atoms with van der Waals surface area (Å²) < 4.78 is 5.57. The standard InChI is InChI=1S/C13H15N3O/c1-17-13-10-3-4-11(13)16(8-10)12-5-2-9(6-14)7-15-12/h2,5,7,10-11,13H,3-4,8H2,1H3/t10-,11+,13-/m0/s1. The van der Waals surface area contributed by atoms with Crippen molar-refractivity contribution in [3.63, 3.8) is 0 Å². The number of nitriles is 1. The molecule has 2 bridgehead atoms. The van der Waals surface area contributed by atoms with Crippen LogP contribution in [0.3, 0.4) is 0 Å². The molecule has 1 aromatic rings. The van der Waals surface area contributed by atoms with Crippen LogP contribution in [0.4, 0.5) is 5.82 Å². The van der Waals surface area contributed by atoms with Gasteiger partial charge in [-0.3, -0.25) is 0 Å². The van der Waals surface area contributed by atoms with Gasteiger partial charge in [0, 0.05) is 25.8 Å². The topological polar surface area (TPSA) is 49.1 Å². The van der Waals surface area contributed by atoms with E-state index >= 15 is 0 Å². The maximum absolute atomic E-state index is 8.76. The van der Waals surface area contributed by atoms with Gasteiger partial charge in [0.2, 0.25) is 0 Å². The smallest absolute Gasteiger partial charge is 0.128 e. The Morgan fingerprint density at radius 3 is 2.94 bits per heavy atom. The fourth-order valence-corrected chi connectivity index (χ4v) is 3.18. The van der Waals surface area contributed by atoms with Crippen LogP contribution >= 0.6 is 0 Å². The Labute approximate surface area is 101 Å². The molecule has 88 valence electrons. The average Bonchev–Trinajstić information content (AvgIpc) is 2.95. The number of pyridine rings is 1. The van der Waals surface area contributed by atoms with E-state index in [2.05, 4.69) is 16.0 Å². The second-order valence-electron chi connectivity index (χ2n) is 4.77. The van der Waals surface area contributed by atoms with Crippen molar-refractivity contribution in [3.8, 4) is 6.07 Å². The number of aromatic nitrogens is 1. The Morgan fingerprint density at radius 2 is 2.35 bits per heavy atom. The number of anilines is 1. The lowest BCUT2D eigenvalue weighted by atomic mass is 10.1. The molecular weight excluding hydrogens is 214 g/mol. The first-order valence-electron chi connectivity index (χ1n) is 5.99. The van der Waals surface area contributed by atoms with E-state index in [9.17, 15) is 0 Å². The summed E-state index contributed by atoms with van der Waals surface area (Å²) in [6.45, 7) is 1.03. The molecule has 0 unspecified atom stereocenters. The molecule has 1 aliphatic carbocycles. The number of hydrogen-bond acceptors (Lipinski definition) is 4. The molecule has 0 amide bonds. The van der Waals surface area contributed by atoms with Crippen LogP contribution in [0.15, 0.2) is 18.3 Å².